The van der Waals surface area contributed by atoms with Gasteiger partial charge in [-0.25, -0.2) is 17.6 Å². The van der Waals surface area contributed by atoms with Gasteiger partial charge in [-0.2, -0.15) is 0 Å². The number of aliphatic hydroxyl groups is 7. The van der Waals surface area contributed by atoms with Gasteiger partial charge >= 0.3 is 0 Å². The van der Waals surface area contributed by atoms with E-state index in [1.165, 1.54) is 184 Å². The Bertz CT molecular complexity index is 4030. The molecule has 16 heteroatoms. The van der Waals surface area contributed by atoms with Crippen molar-refractivity contribution in [2.45, 2.75) is 371 Å². The fourth-order valence-electron chi connectivity index (χ4n) is 39.4. The molecule has 0 aliphatic heterocycles. The molecular weight excluding hydrogens is 1810 g/mol. The van der Waals surface area contributed by atoms with Crippen molar-refractivity contribution >= 4 is 66.7 Å². The van der Waals surface area contributed by atoms with Crippen molar-refractivity contribution in [3.63, 3.8) is 0 Å². The summed E-state index contributed by atoms with van der Waals surface area (Å²) in [7, 11) is 0. The molecule has 7 nitrogen and oxygen atoms in total. The van der Waals surface area contributed by atoms with Gasteiger partial charge in [0.2, 0.25) is 0 Å². The number of rotatable bonds is 11. The molecule has 0 heterocycles. The van der Waals surface area contributed by atoms with Crippen LogP contribution < -0.4 is 0 Å². The summed E-state index contributed by atoms with van der Waals surface area (Å²) in [5.74, 6) is 29.7. The number of alkyl halides is 6. The minimum Gasteiger partial charge on any atom is -0.392 e. The zero-order valence-electron chi connectivity index (χ0n) is 79.7. The molecule has 0 unspecified atom stereocenters. The Hall–Kier alpha value is -1.35. The minimum absolute atomic E-state index is 0.0952. The molecule has 0 aromatic heterocycles. The molecule has 0 bridgehead atoms. The van der Waals surface area contributed by atoms with Gasteiger partial charge in [0.1, 0.15) is 28.0 Å². The second-order valence-corrected chi connectivity index (χ2v) is 51.6. The highest BCUT2D eigenvalue weighted by Crippen LogP contribution is 2.73. The maximum absolute atomic E-state index is 13.3. The highest BCUT2D eigenvalue weighted by Gasteiger charge is 2.66. The first-order chi connectivity index (χ1) is 61.3. The standard InChI is InChI=1S/C23H32BrClO.C23H33ClO2.C23H33ClO.C22H33BrF2O.C22H34F2O2/c1-15(14-24)20-5-6-21-19-4-3-16-13-23(26,11-12-25)10-8-17(16)18(19)7-9-22(20,21)2;1-15(14-25)20-5-6-21-19-4-3-16-13-23(26,11-12-24)10-8-17(16)18(19)7-9-22(20,21)2;1-15(2)20-6-7-21-19-5-4-16-14-23(25,12-13-24)11-9-17(16)18(19)8-10-22(20,21)3;1-13(12-23)18-5-6-19-17-4-3-14-11-22(26,20(24)25)10-8-15(14)16(17)7-9-21(18,19)2;1-13(12-25)18-5-6-19-17-4-3-14-11-22(26,20(23)24)10-8-15(14)16(17)7-9-21(18,19)2/h16-21,26H,1,3-10,13-14H2,2H3;16-21,25-26H,1,3-10,13-14H2,2H3;16-21,25H,1,4-11,14H2,2-3H3;14-20,26H,1,3-12H2,2H3;14-20,25-26H,1,3-12H2,2H3/t3*16-,17-,18+,19+,20+,21-,22+,23+;2*14-,15-,16+,17+,18+,19-,21+,22-/m00000/s1. The van der Waals surface area contributed by atoms with Crippen molar-refractivity contribution in [3.8, 4) is 33.9 Å². The number of halogens is 9. The van der Waals surface area contributed by atoms with Gasteiger partial charge in [-0.1, -0.05) is 134 Å². The molecule has 20 rings (SSSR count). The largest absolute Gasteiger partial charge is 0.392 e. The van der Waals surface area contributed by atoms with Crippen LogP contribution >= 0.6 is 66.7 Å². The number of fused-ring (bicyclic) bond motifs is 25. The van der Waals surface area contributed by atoms with E-state index in [4.69, 9.17) is 34.8 Å². The number of hydrogen-bond donors (Lipinski definition) is 7. The molecule has 20 aliphatic rings. The molecule has 0 aromatic carbocycles. The van der Waals surface area contributed by atoms with E-state index in [1.54, 1.807) is 0 Å². The van der Waals surface area contributed by atoms with Gasteiger partial charge in [0.25, 0.3) is 12.9 Å². The predicted octanol–water partition coefficient (Wildman–Crippen LogP) is 27.6. The first kappa shape index (κ1) is 101. The lowest BCUT2D eigenvalue weighted by Crippen LogP contribution is -2.52. The van der Waals surface area contributed by atoms with Crippen molar-refractivity contribution in [2.75, 3.05) is 23.9 Å². The van der Waals surface area contributed by atoms with Crippen LogP contribution in [0.15, 0.2) is 60.8 Å². The molecule has 0 spiro atoms. The third-order valence-corrected chi connectivity index (χ3v) is 46.8. The highest BCUT2D eigenvalue weighted by molar-refractivity contribution is 9.09. The summed E-state index contributed by atoms with van der Waals surface area (Å²) in [6.45, 7) is 36.4. The lowest BCUT2D eigenvalue weighted by atomic mass is 9.48. The van der Waals surface area contributed by atoms with Gasteiger partial charge < -0.3 is 35.7 Å². The van der Waals surface area contributed by atoms with E-state index in [9.17, 15) is 53.3 Å². The molecular formula is C113H165Br2Cl3F4O7. The molecule has 20 aliphatic carbocycles. The fraction of sp³-hybridized carbons (Fsp3) is 0.858. The van der Waals surface area contributed by atoms with Crippen LogP contribution in [0.4, 0.5) is 17.6 Å². The summed E-state index contributed by atoms with van der Waals surface area (Å²) in [6.07, 6.45) is 43.9. The van der Waals surface area contributed by atoms with Crippen molar-refractivity contribution in [1.29, 1.82) is 0 Å². The van der Waals surface area contributed by atoms with Gasteiger partial charge in [0.15, 0.2) is 0 Å². The molecule has 7 N–H and O–H groups in total. The van der Waals surface area contributed by atoms with Crippen LogP contribution in [0.2, 0.25) is 0 Å². The van der Waals surface area contributed by atoms with Crippen LogP contribution in [-0.4, -0.2) is 100 Å². The molecule has 40 atom stereocenters. The Balaban J connectivity index is 0.000000118. The van der Waals surface area contributed by atoms with Crippen LogP contribution in [0.25, 0.3) is 0 Å². The molecule has 129 heavy (non-hydrogen) atoms. The lowest BCUT2D eigenvalue weighted by Gasteiger charge is -2.57. The number of aliphatic hydroxyl groups excluding tert-OH is 2. The Labute approximate surface area is 808 Å². The van der Waals surface area contributed by atoms with Crippen LogP contribution in [0.3, 0.4) is 0 Å². The van der Waals surface area contributed by atoms with E-state index in [1.807, 2.05) is 0 Å². The third-order valence-electron chi connectivity index (χ3n) is 45.1. The minimum atomic E-state index is -2.61. The summed E-state index contributed by atoms with van der Waals surface area (Å²) in [6, 6.07) is 0. The second kappa shape index (κ2) is 39.6. The Morgan fingerprint density at radius 2 is 0.512 bits per heavy atom. The third kappa shape index (κ3) is 18.6. The van der Waals surface area contributed by atoms with Gasteiger partial charge in [0.05, 0.1) is 13.2 Å². The van der Waals surface area contributed by atoms with E-state index >= 15 is 0 Å². The predicted molar refractivity (Wildman–Crippen MR) is 524 cm³/mol. The van der Waals surface area contributed by atoms with Crippen LogP contribution in [0.1, 0.15) is 330 Å². The maximum atomic E-state index is 13.3. The Morgan fingerprint density at radius 1 is 0.295 bits per heavy atom. The highest BCUT2D eigenvalue weighted by atomic mass is 79.9. The second-order valence-electron chi connectivity index (χ2n) is 49.9. The molecule has 0 saturated heterocycles. The first-order valence-electron chi connectivity index (χ1n) is 52.6. The number of hydrogen-bond acceptors (Lipinski definition) is 7. The van der Waals surface area contributed by atoms with Gasteiger partial charge in [0, 0.05) is 26.8 Å². The van der Waals surface area contributed by atoms with E-state index in [0.717, 1.165) is 207 Å². The average Bonchev–Trinajstić information content (AvgIpc) is 1.63. The van der Waals surface area contributed by atoms with E-state index in [0.29, 0.717) is 124 Å². The zero-order valence-corrected chi connectivity index (χ0v) is 85.1. The fourth-order valence-corrected chi connectivity index (χ4v) is 40.7. The van der Waals surface area contributed by atoms with Crippen LogP contribution in [-0.2, 0) is 0 Å². The molecule has 722 valence electrons. The first-order valence-corrected chi connectivity index (χ1v) is 55.9. The summed E-state index contributed by atoms with van der Waals surface area (Å²) in [5.41, 5.74) is 2.25. The Kier molecular flexibility index (Phi) is 30.9. The normalized spacial score (nSPS) is 50.6. The molecule has 20 saturated carbocycles. The molecule has 20 fully saturated rings. The van der Waals surface area contributed by atoms with Gasteiger partial charge in [-0.05, 0) is 546 Å². The van der Waals surface area contributed by atoms with E-state index in [-0.39, 0.29) is 31.0 Å². The topological polar surface area (TPSA) is 142 Å². The number of allylic oxidation sites excluding steroid dienone is 3. The molecule has 0 aromatic rings. The van der Waals surface area contributed by atoms with Crippen LogP contribution in [0, 0.1) is 239 Å². The van der Waals surface area contributed by atoms with Gasteiger partial charge in [-0.3, -0.25) is 0 Å². The summed E-state index contributed by atoms with van der Waals surface area (Å²) in [4.78, 5) is 0. The van der Waals surface area contributed by atoms with E-state index < -0.39 is 40.9 Å². The van der Waals surface area contributed by atoms with Crippen molar-refractivity contribution < 1.29 is 53.3 Å². The van der Waals surface area contributed by atoms with Crippen LogP contribution in [0.5, 0.6) is 0 Å². The van der Waals surface area contributed by atoms with E-state index in [2.05, 4.69) is 140 Å². The maximum Gasteiger partial charge on any atom is 0.266 e. The zero-order chi connectivity index (χ0) is 92.3. The lowest BCUT2D eigenvalue weighted by molar-refractivity contribution is -0.159. The van der Waals surface area contributed by atoms with Crippen molar-refractivity contribution in [3.05, 3.63) is 60.8 Å². The Morgan fingerprint density at radius 3 is 0.736 bits per heavy atom. The average molecular weight is 1980 g/mol. The molecule has 0 radical (unpaired) electrons. The molecule has 0 amide bonds. The quantitative estimate of drug-likeness (QED) is 0.0473. The van der Waals surface area contributed by atoms with Crippen molar-refractivity contribution in [2.24, 2.45) is 205 Å². The van der Waals surface area contributed by atoms with Crippen molar-refractivity contribution in [1.82, 2.24) is 0 Å². The smallest absolute Gasteiger partial charge is 0.266 e. The summed E-state index contributed by atoms with van der Waals surface area (Å²) < 4.78 is 53.2. The van der Waals surface area contributed by atoms with Gasteiger partial charge in [-0.15, -0.1) is 0 Å². The SMILES string of the molecule is C=C(C)[C@H]1CC[C@H]2[C@@H]3CC[C@H]4C[C@](O)(C#CCl)CC[C@@H]4[C@H]3CC[C@]12C.C=C(CBr)[C@H]1CC[C@H]2[C@@H]3CC[C@H]4C[C@](O)(C#CCl)CC[C@@H]4[C@H]3CC[C@]12C.C=C(CBr)[C@H]1CC[C@H]2[C@@H]3CC[C@H]4C[C@](O)(C(F)F)CC[C@@H]4[C@H]3CC[C@]12C.C=C(CO)[C@H]1CC[C@H]2[C@@H]3CC[C@H]4C[C@](O)(C#CCl)CC[C@@H]4[C@H]3CC[C@]12C.C=C(CO)[C@H]1CC[C@H]2[C@@H]3CC[C@H]4C[C@](O)(C(F)F)CC[C@@H]4[C@H]3CC[C@]12C. The summed E-state index contributed by atoms with van der Waals surface area (Å²) in [5, 5.41) is 81.3. The summed E-state index contributed by atoms with van der Waals surface area (Å²) >= 11 is 24.1. The monoisotopic (exact) mass is 1970 g/mol.